The molecule has 0 radical (unpaired) electrons. The highest BCUT2D eigenvalue weighted by Crippen LogP contribution is 2.25. The fourth-order valence-electron chi connectivity index (χ4n) is 3.23. The number of fused-ring (bicyclic) bond motifs is 1. The lowest BCUT2D eigenvalue weighted by molar-refractivity contribution is -0.122. The van der Waals surface area contributed by atoms with Gasteiger partial charge in [0.15, 0.2) is 0 Å². The maximum Gasteiger partial charge on any atom is 0.270 e. The van der Waals surface area contributed by atoms with Crippen LogP contribution in [0.15, 0.2) is 36.4 Å². The highest BCUT2D eigenvalue weighted by molar-refractivity contribution is 5.95. The van der Waals surface area contributed by atoms with Gasteiger partial charge in [0.25, 0.3) is 5.91 Å². The number of pyridine rings is 1. The van der Waals surface area contributed by atoms with E-state index in [1.54, 1.807) is 13.0 Å². The van der Waals surface area contributed by atoms with Gasteiger partial charge in [-0.2, -0.15) is 0 Å². The Balaban J connectivity index is 1.78. The molecule has 0 unspecified atom stereocenters. The molecule has 0 bridgehead atoms. The normalized spacial score (nSPS) is 21.5. The maximum atomic E-state index is 12.4. The fourth-order valence-corrected chi connectivity index (χ4v) is 3.23. The van der Waals surface area contributed by atoms with Crippen molar-refractivity contribution in [2.24, 2.45) is 5.92 Å². The molecule has 4 heteroatoms. The van der Waals surface area contributed by atoms with Crippen molar-refractivity contribution >= 4 is 22.6 Å². The molecular weight excluding hydrogens is 276 g/mol. The minimum atomic E-state index is -0.191. The van der Waals surface area contributed by atoms with Gasteiger partial charge in [-0.15, -0.1) is 0 Å². The number of Topliss-reactive ketones (excluding diaryl/α,β-unsaturated/α-hetero) is 1. The van der Waals surface area contributed by atoms with Crippen LogP contribution in [0.2, 0.25) is 0 Å². The van der Waals surface area contributed by atoms with Crippen molar-refractivity contribution in [2.75, 3.05) is 0 Å². The number of carbonyl (C=O) groups excluding carboxylic acids is 2. The van der Waals surface area contributed by atoms with Crippen LogP contribution in [0, 0.1) is 5.92 Å². The highest BCUT2D eigenvalue weighted by Gasteiger charge is 2.30. The first kappa shape index (κ1) is 14.7. The van der Waals surface area contributed by atoms with Crippen molar-refractivity contribution in [3.8, 4) is 0 Å². The molecule has 1 aliphatic carbocycles. The van der Waals surface area contributed by atoms with E-state index in [-0.39, 0.29) is 23.7 Å². The monoisotopic (exact) mass is 296 g/mol. The molecule has 1 aliphatic rings. The van der Waals surface area contributed by atoms with Gasteiger partial charge in [0.05, 0.1) is 5.52 Å². The van der Waals surface area contributed by atoms with Crippen LogP contribution in [0.4, 0.5) is 0 Å². The summed E-state index contributed by atoms with van der Waals surface area (Å²) in [5, 5.41) is 4.02. The summed E-state index contributed by atoms with van der Waals surface area (Å²) < 4.78 is 0. The maximum absolute atomic E-state index is 12.4. The number of hydrogen-bond donors (Lipinski definition) is 1. The number of aromatic nitrogens is 1. The van der Waals surface area contributed by atoms with E-state index in [4.69, 9.17) is 0 Å². The van der Waals surface area contributed by atoms with E-state index in [1.807, 2.05) is 30.3 Å². The van der Waals surface area contributed by atoms with Crippen molar-refractivity contribution in [1.29, 1.82) is 0 Å². The Morgan fingerprint density at radius 1 is 1.09 bits per heavy atom. The Kier molecular flexibility index (Phi) is 4.18. The standard InChI is InChI=1S/C18H20N2O2/c1-12(21)14-7-3-5-9-16(14)20-18(22)17-11-10-13-6-2-4-8-15(13)19-17/h2,4,6,8,10-11,14,16H,3,5,7,9H2,1H3,(H,20,22)/t14-,16-/m0/s1. The van der Waals surface area contributed by atoms with E-state index in [2.05, 4.69) is 10.3 Å². The van der Waals surface area contributed by atoms with Crippen molar-refractivity contribution in [1.82, 2.24) is 10.3 Å². The molecule has 2 aromatic rings. The first-order chi connectivity index (χ1) is 10.6. The summed E-state index contributed by atoms with van der Waals surface area (Å²) in [7, 11) is 0. The SMILES string of the molecule is CC(=O)[C@@H]1CCCC[C@@H]1NC(=O)c1ccc2ccccc2n1. The third-order valence-corrected chi connectivity index (χ3v) is 4.44. The van der Waals surface area contributed by atoms with Gasteiger partial charge >= 0.3 is 0 Å². The summed E-state index contributed by atoms with van der Waals surface area (Å²) in [5.41, 5.74) is 1.22. The summed E-state index contributed by atoms with van der Waals surface area (Å²) in [6, 6.07) is 11.3. The largest absolute Gasteiger partial charge is 0.347 e. The lowest BCUT2D eigenvalue weighted by Gasteiger charge is -2.30. The number of rotatable bonds is 3. The Bertz CT molecular complexity index is 711. The van der Waals surface area contributed by atoms with E-state index in [1.165, 1.54) is 0 Å². The summed E-state index contributed by atoms with van der Waals surface area (Å²) in [6.07, 6.45) is 3.85. The van der Waals surface area contributed by atoms with Crippen LogP contribution in [0.25, 0.3) is 10.9 Å². The smallest absolute Gasteiger partial charge is 0.270 e. The van der Waals surface area contributed by atoms with Gasteiger partial charge in [-0.25, -0.2) is 4.98 Å². The Morgan fingerprint density at radius 2 is 1.86 bits per heavy atom. The Morgan fingerprint density at radius 3 is 2.68 bits per heavy atom. The zero-order valence-corrected chi connectivity index (χ0v) is 12.7. The molecule has 3 rings (SSSR count). The number of para-hydroxylation sites is 1. The molecule has 0 aliphatic heterocycles. The van der Waals surface area contributed by atoms with Crippen LogP contribution in [-0.4, -0.2) is 22.7 Å². The van der Waals surface area contributed by atoms with E-state index >= 15 is 0 Å². The topological polar surface area (TPSA) is 59.1 Å². The first-order valence-corrected chi connectivity index (χ1v) is 7.82. The van der Waals surface area contributed by atoms with Crippen LogP contribution in [0.1, 0.15) is 43.1 Å². The summed E-state index contributed by atoms with van der Waals surface area (Å²) in [5.74, 6) is -0.0847. The average Bonchev–Trinajstić information content (AvgIpc) is 2.54. The third kappa shape index (κ3) is 3.01. The summed E-state index contributed by atoms with van der Waals surface area (Å²) >= 11 is 0. The van der Waals surface area contributed by atoms with Crippen LogP contribution < -0.4 is 5.32 Å². The Labute approximate surface area is 129 Å². The molecule has 114 valence electrons. The molecule has 2 atom stereocenters. The molecule has 1 amide bonds. The molecule has 0 saturated heterocycles. The molecule has 4 nitrogen and oxygen atoms in total. The molecule has 1 N–H and O–H groups in total. The van der Waals surface area contributed by atoms with Crippen molar-refractivity contribution < 1.29 is 9.59 Å². The van der Waals surface area contributed by atoms with Gasteiger partial charge < -0.3 is 5.32 Å². The minimum Gasteiger partial charge on any atom is -0.347 e. The second-order valence-electron chi connectivity index (χ2n) is 5.97. The quantitative estimate of drug-likeness (QED) is 0.946. The minimum absolute atomic E-state index is 0.0573. The number of hydrogen-bond acceptors (Lipinski definition) is 3. The van der Waals surface area contributed by atoms with E-state index < -0.39 is 0 Å². The van der Waals surface area contributed by atoms with Crippen molar-refractivity contribution in [3.05, 3.63) is 42.1 Å². The molecule has 1 aromatic heterocycles. The molecule has 1 fully saturated rings. The molecular formula is C18H20N2O2. The van der Waals surface area contributed by atoms with Gasteiger partial charge in [0.1, 0.15) is 11.5 Å². The highest BCUT2D eigenvalue weighted by atomic mass is 16.2. The predicted molar refractivity (Wildman–Crippen MR) is 85.6 cm³/mol. The van der Waals surface area contributed by atoms with E-state index in [0.717, 1.165) is 36.6 Å². The van der Waals surface area contributed by atoms with E-state index in [0.29, 0.717) is 5.69 Å². The van der Waals surface area contributed by atoms with Gasteiger partial charge in [0.2, 0.25) is 0 Å². The van der Waals surface area contributed by atoms with Crippen molar-refractivity contribution in [2.45, 2.75) is 38.6 Å². The van der Waals surface area contributed by atoms with Crippen molar-refractivity contribution in [3.63, 3.8) is 0 Å². The zero-order valence-electron chi connectivity index (χ0n) is 12.7. The lowest BCUT2D eigenvalue weighted by atomic mass is 9.82. The average molecular weight is 296 g/mol. The van der Waals surface area contributed by atoms with Gasteiger partial charge in [-0.1, -0.05) is 37.1 Å². The summed E-state index contributed by atoms with van der Waals surface area (Å²) in [6.45, 7) is 1.61. The lowest BCUT2D eigenvalue weighted by Crippen LogP contribution is -2.44. The van der Waals surface area contributed by atoms with Gasteiger partial charge in [0, 0.05) is 17.3 Å². The number of nitrogens with one attached hydrogen (secondary N) is 1. The molecule has 1 saturated carbocycles. The molecule has 0 spiro atoms. The molecule has 22 heavy (non-hydrogen) atoms. The number of carbonyl (C=O) groups is 2. The van der Waals surface area contributed by atoms with Gasteiger partial charge in [-0.3, -0.25) is 9.59 Å². The zero-order chi connectivity index (χ0) is 15.5. The predicted octanol–water partition coefficient (Wildman–Crippen LogP) is 3.11. The van der Waals surface area contributed by atoms with E-state index in [9.17, 15) is 9.59 Å². The fraction of sp³-hybridized carbons (Fsp3) is 0.389. The number of nitrogens with zero attached hydrogens (tertiary/aromatic N) is 1. The van der Waals surface area contributed by atoms with Gasteiger partial charge in [-0.05, 0) is 31.9 Å². The number of benzene rings is 1. The third-order valence-electron chi connectivity index (χ3n) is 4.44. The first-order valence-electron chi connectivity index (χ1n) is 7.82. The van der Waals surface area contributed by atoms with Crippen LogP contribution >= 0.6 is 0 Å². The molecule has 1 aromatic carbocycles. The second kappa shape index (κ2) is 6.26. The number of amides is 1. The molecule has 1 heterocycles. The number of ketones is 1. The van der Waals surface area contributed by atoms with Crippen LogP contribution in [-0.2, 0) is 4.79 Å². The van der Waals surface area contributed by atoms with Crippen LogP contribution in [0.5, 0.6) is 0 Å². The summed E-state index contributed by atoms with van der Waals surface area (Å²) in [4.78, 5) is 28.6. The van der Waals surface area contributed by atoms with Crippen LogP contribution in [0.3, 0.4) is 0 Å². The second-order valence-corrected chi connectivity index (χ2v) is 5.97. The Hall–Kier alpha value is -2.23.